The number of carbonyl (C=O) groups excluding carboxylic acids is 2. The predicted molar refractivity (Wildman–Crippen MR) is 92.9 cm³/mol. The molecule has 0 radical (unpaired) electrons. The van der Waals surface area contributed by atoms with Crippen LogP contribution in [0.4, 0.5) is 0 Å². The van der Waals surface area contributed by atoms with Gasteiger partial charge in [0.1, 0.15) is 4.75 Å². The second kappa shape index (κ2) is 6.58. The molecule has 2 rings (SSSR count). The van der Waals surface area contributed by atoms with Crippen molar-refractivity contribution in [1.29, 1.82) is 0 Å². The minimum absolute atomic E-state index is 0.244. The molecule has 0 saturated carbocycles. The Bertz CT molecular complexity index is 683. The fourth-order valence-electron chi connectivity index (χ4n) is 2.46. The SMILES string of the molecule is C=C1c2ccccc2C(=O)N(C)[C@@H]1N(OC(C)=O)[S+]([O-])C(C)(C)C. The van der Waals surface area contributed by atoms with Gasteiger partial charge in [-0.25, -0.2) is 0 Å². The van der Waals surface area contributed by atoms with E-state index < -0.39 is 28.2 Å². The van der Waals surface area contributed by atoms with Gasteiger partial charge in [0.05, 0.1) is 15.8 Å². The largest absolute Gasteiger partial charge is 0.595 e. The number of fused-ring (bicyclic) bond motifs is 1. The van der Waals surface area contributed by atoms with E-state index >= 15 is 0 Å². The third-order valence-electron chi connectivity index (χ3n) is 3.61. The number of amides is 1. The number of carbonyl (C=O) groups is 2. The van der Waals surface area contributed by atoms with Crippen LogP contribution in [-0.4, -0.2) is 43.8 Å². The van der Waals surface area contributed by atoms with Crippen molar-refractivity contribution < 1.29 is 19.0 Å². The first-order chi connectivity index (χ1) is 11.1. The number of likely N-dealkylation sites (N-methyl/N-ethyl adjacent to an activating group) is 1. The quantitative estimate of drug-likeness (QED) is 0.618. The molecule has 0 bridgehead atoms. The summed E-state index contributed by atoms with van der Waals surface area (Å²) in [6, 6.07) is 7.07. The van der Waals surface area contributed by atoms with Crippen LogP contribution in [-0.2, 0) is 21.0 Å². The third kappa shape index (κ3) is 3.33. The summed E-state index contributed by atoms with van der Waals surface area (Å²) in [6.07, 6.45) is -0.837. The highest BCUT2D eigenvalue weighted by Gasteiger charge is 2.47. The third-order valence-corrected chi connectivity index (χ3v) is 5.26. The molecule has 2 atom stereocenters. The first-order valence-corrected chi connectivity index (χ1v) is 8.61. The zero-order chi connectivity index (χ0) is 18.2. The van der Waals surface area contributed by atoms with Crippen molar-refractivity contribution in [2.75, 3.05) is 7.05 Å². The van der Waals surface area contributed by atoms with E-state index in [2.05, 4.69) is 6.58 Å². The fraction of sp³-hybridized carbons (Fsp3) is 0.412. The normalized spacial score (nSPS) is 19.3. The molecular formula is C17H22N2O4S. The topological polar surface area (TPSA) is 72.9 Å². The highest BCUT2D eigenvalue weighted by molar-refractivity contribution is 7.90. The highest BCUT2D eigenvalue weighted by Crippen LogP contribution is 2.35. The molecule has 0 aliphatic carbocycles. The molecule has 1 heterocycles. The predicted octanol–water partition coefficient (Wildman–Crippen LogP) is 2.35. The Hall–Kier alpha value is -1.83. The summed E-state index contributed by atoms with van der Waals surface area (Å²) in [7, 11) is 1.57. The molecule has 130 valence electrons. The van der Waals surface area contributed by atoms with Gasteiger partial charge in [0.2, 0.25) is 0 Å². The summed E-state index contributed by atoms with van der Waals surface area (Å²) in [5, 5.41) is 0. The molecule has 6 nitrogen and oxygen atoms in total. The van der Waals surface area contributed by atoms with Crippen molar-refractivity contribution in [2.24, 2.45) is 0 Å². The minimum Gasteiger partial charge on any atom is -0.595 e. The number of rotatable bonds is 3. The average Bonchev–Trinajstić information content (AvgIpc) is 2.50. The molecule has 0 aromatic heterocycles. The smallest absolute Gasteiger partial charge is 0.327 e. The van der Waals surface area contributed by atoms with Gasteiger partial charge >= 0.3 is 5.97 Å². The van der Waals surface area contributed by atoms with Crippen molar-refractivity contribution >= 4 is 28.8 Å². The van der Waals surface area contributed by atoms with Crippen LogP contribution in [0.25, 0.3) is 5.57 Å². The maximum Gasteiger partial charge on any atom is 0.327 e. The molecule has 1 unspecified atom stereocenters. The molecule has 0 saturated heterocycles. The lowest BCUT2D eigenvalue weighted by molar-refractivity contribution is -0.175. The van der Waals surface area contributed by atoms with Crippen LogP contribution >= 0.6 is 0 Å². The van der Waals surface area contributed by atoms with Gasteiger partial charge in [0.15, 0.2) is 6.17 Å². The Balaban J connectivity index is 2.52. The van der Waals surface area contributed by atoms with Gasteiger partial charge in [0.25, 0.3) is 5.91 Å². The van der Waals surface area contributed by atoms with E-state index in [4.69, 9.17) is 4.84 Å². The van der Waals surface area contributed by atoms with E-state index in [1.165, 1.54) is 11.8 Å². The Kier molecular flexibility index (Phi) is 5.08. The van der Waals surface area contributed by atoms with E-state index in [1.54, 1.807) is 52.1 Å². The van der Waals surface area contributed by atoms with E-state index in [1.807, 2.05) is 0 Å². The highest BCUT2D eigenvalue weighted by atomic mass is 32.2. The van der Waals surface area contributed by atoms with Crippen LogP contribution in [0.3, 0.4) is 0 Å². The van der Waals surface area contributed by atoms with Gasteiger partial charge in [-0.2, -0.15) is 0 Å². The standard InChI is InChI=1S/C17H22N2O4S/c1-11-13-9-7-8-10-14(13)16(21)18(6)15(11)19(23-12(2)20)24(22)17(3,4)5/h7-10,15H,1H2,2-6H3/t15-,24?/m1/s1. The van der Waals surface area contributed by atoms with Gasteiger partial charge < -0.3 is 14.3 Å². The molecule has 1 aliphatic heterocycles. The van der Waals surface area contributed by atoms with Gasteiger partial charge in [-0.15, -0.1) is 0 Å². The van der Waals surface area contributed by atoms with Crippen LogP contribution in [0.5, 0.6) is 0 Å². The van der Waals surface area contributed by atoms with Crippen molar-refractivity contribution in [2.45, 2.75) is 38.6 Å². The van der Waals surface area contributed by atoms with Crippen molar-refractivity contribution in [3.8, 4) is 0 Å². The second-order valence-electron chi connectivity index (χ2n) is 6.59. The molecule has 0 N–H and O–H groups in total. The van der Waals surface area contributed by atoms with E-state index in [9.17, 15) is 14.1 Å². The van der Waals surface area contributed by atoms with Crippen molar-refractivity contribution in [3.05, 3.63) is 42.0 Å². The second-order valence-corrected chi connectivity index (χ2v) is 8.67. The lowest BCUT2D eigenvalue weighted by Crippen LogP contribution is -2.57. The summed E-state index contributed by atoms with van der Waals surface area (Å²) in [6.45, 7) is 10.6. The monoisotopic (exact) mass is 350 g/mol. The van der Waals surface area contributed by atoms with Crippen LogP contribution in [0.2, 0.25) is 0 Å². The Morgan fingerprint density at radius 3 is 2.38 bits per heavy atom. The Morgan fingerprint density at radius 1 is 1.33 bits per heavy atom. The molecule has 0 fully saturated rings. The maximum atomic E-state index is 12.9. The average molecular weight is 350 g/mol. The van der Waals surface area contributed by atoms with Crippen molar-refractivity contribution in [3.63, 3.8) is 0 Å². The molecule has 24 heavy (non-hydrogen) atoms. The first kappa shape index (κ1) is 18.5. The fourth-order valence-corrected chi connectivity index (χ4v) is 3.63. The van der Waals surface area contributed by atoms with Crippen LogP contribution in [0.1, 0.15) is 43.6 Å². The number of nitrogens with zero attached hydrogens (tertiary/aromatic N) is 2. The Labute approximate surface area is 145 Å². The zero-order valence-corrected chi connectivity index (χ0v) is 15.3. The van der Waals surface area contributed by atoms with E-state index in [0.717, 1.165) is 4.47 Å². The van der Waals surface area contributed by atoms with Crippen molar-refractivity contribution in [1.82, 2.24) is 9.37 Å². The minimum atomic E-state index is -1.69. The van der Waals surface area contributed by atoms with E-state index in [-0.39, 0.29) is 5.91 Å². The number of hydroxylamine groups is 1. The first-order valence-electron chi connectivity index (χ1n) is 7.51. The molecule has 7 heteroatoms. The van der Waals surface area contributed by atoms with Gasteiger partial charge in [-0.3, -0.25) is 9.59 Å². The number of benzene rings is 1. The van der Waals surface area contributed by atoms with Crippen LogP contribution in [0, 0.1) is 0 Å². The summed E-state index contributed by atoms with van der Waals surface area (Å²) >= 11 is -1.69. The molecular weight excluding hydrogens is 328 g/mol. The summed E-state index contributed by atoms with van der Waals surface area (Å²) in [5.41, 5.74) is 1.73. The van der Waals surface area contributed by atoms with Gasteiger partial charge in [-0.05, 0) is 38.0 Å². The zero-order valence-electron chi connectivity index (χ0n) is 14.5. The number of hydrogen-bond donors (Lipinski definition) is 0. The number of hydrogen-bond acceptors (Lipinski definition) is 5. The lowest BCUT2D eigenvalue weighted by Gasteiger charge is -2.41. The molecule has 1 aromatic carbocycles. The lowest BCUT2D eigenvalue weighted by atomic mass is 9.93. The van der Waals surface area contributed by atoms with Gasteiger partial charge in [0, 0.05) is 19.5 Å². The molecule has 1 amide bonds. The molecule has 1 aliphatic rings. The van der Waals surface area contributed by atoms with Gasteiger partial charge in [-0.1, -0.05) is 24.8 Å². The van der Waals surface area contributed by atoms with E-state index in [0.29, 0.717) is 16.7 Å². The summed E-state index contributed by atoms with van der Waals surface area (Å²) in [4.78, 5) is 30.8. The molecule has 1 aromatic rings. The van der Waals surface area contributed by atoms with Crippen LogP contribution < -0.4 is 0 Å². The molecule has 0 spiro atoms. The Morgan fingerprint density at radius 2 is 1.88 bits per heavy atom. The van der Waals surface area contributed by atoms with Crippen LogP contribution in [0.15, 0.2) is 30.8 Å². The summed E-state index contributed by atoms with van der Waals surface area (Å²) in [5.74, 6) is -0.855. The summed E-state index contributed by atoms with van der Waals surface area (Å²) < 4.78 is 13.3. The maximum absolute atomic E-state index is 12.9.